The number of primary sulfonamides is 1. The molecule has 0 saturated heterocycles. The van der Waals surface area contributed by atoms with Crippen LogP contribution in [0.1, 0.15) is 41.3 Å². The molecule has 0 bridgehead atoms. The number of nitrogens with two attached hydrogens (primary N) is 1. The van der Waals surface area contributed by atoms with Gasteiger partial charge in [-0.25, -0.2) is 13.6 Å². The molecular weight excluding hydrogens is 288 g/mol. The summed E-state index contributed by atoms with van der Waals surface area (Å²) in [5.41, 5.74) is 1.89. The summed E-state index contributed by atoms with van der Waals surface area (Å²) in [6, 6.07) is 2.85. The lowest BCUT2D eigenvalue weighted by atomic mass is 10.0. The summed E-state index contributed by atoms with van der Waals surface area (Å²) in [7, 11) is -3.81. The minimum absolute atomic E-state index is 0.0222. The number of carbonyl (C=O) groups excluding carboxylic acids is 1. The number of rotatable bonds is 5. The van der Waals surface area contributed by atoms with Gasteiger partial charge in [-0.05, 0) is 61.8 Å². The maximum atomic E-state index is 12.3. The van der Waals surface area contributed by atoms with E-state index in [0.717, 1.165) is 11.1 Å². The highest BCUT2D eigenvalue weighted by molar-refractivity contribution is 7.89. The number of hydrogen-bond donors (Lipinski definition) is 2. The summed E-state index contributed by atoms with van der Waals surface area (Å²) in [6.45, 7) is 6.31. The Morgan fingerprint density at radius 1 is 1.38 bits per heavy atom. The predicted molar refractivity (Wildman–Crippen MR) is 81.5 cm³/mol. The highest BCUT2D eigenvalue weighted by atomic mass is 32.2. The zero-order chi connectivity index (χ0) is 15.8. The van der Waals surface area contributed by atoms with Crippen molar-refractivity contribution in [1.29, 1.82) is 0 Å². The van der Waals surface area contributed by atoms with Crippen molar-refractivity contribution in [2.75, 3.05) is 6.54 Å². The minimum atomic E-state index is -3.81. The van der Waals surface area contributed by atoms with Crippen LogP contribution in [-0.2, 0) is 10.0 Å². The Labute approximate surface area is 126 Å². The minimum Gasteiger partial charge on any atom is -0.352 e. The third-order valence-electron chi connectivity index (χ3n) is 4.23. The van der Waals surface area contributed by atoms with Crippen LogP contribution in [-0.4, -0.2) is 20.9 Å². The number of hydrogen-bond acceptors (Lipinski definition) is 3. The molecule has 1 aliphatic rings. The van der Waals surface area contributed by atoms with Gasteiger partial charge in [-0.3, -0.25) is 4.79 Å². The molecule has 0 heterocycles. The Hall–Kier alpha value is -1.40. The molecule has 1 amide bonds. The maximum absolute atomic E-state index is 12.3. The molecule has 0 spiro atoms. The maximum Gasteiger partial charge on any atom is 0.251 e. The van der Waals surface area contributed by atoms with Crippen LogP contribution >= 0.6 is 0 Å². The number of aryl methyl sites for hydroxylation is 1. The van der Waals surface area contributed by atoms with Gasteiger partial charge in [-0.15, -0.1) is 0 Å². The highest BCUT2D eigenvalue weighted by Crippen LogP contribution is 2.36. The van der Waals surface area contributed by atoms with Crippen molar-refractivity contribution in [3.63, 3.8) is 0 Å². The van der Waals surface area contributed by atoms with E-state index in [1.807, 2.05) is 6.92 Å². The first-order valence-corrected chi connectivity index (χ1v) is 8.67. The van der Waals surface area contributed by atoms with Crippen LogP contribution in [0.4, 0.5) is 0 Å². The Bertz CT molecular complexity index is 664. The van der Waals surface area contributed by atoms with E-state index in [-0.39, 0.29) is 10.8 Å². The fraction of sp³-hybridized carbons (Fsp3) is 0.533. The Balaban J connectivity index is 2.21. The first-order chi connectivity index (χ1) is 9.70. The molecule has 21 heavy (non-hydrogen) atoms. The van der Waals surface area contributed by atoms with Crippen molar-refractivity contribution in [3.8, 4) is 0 Å². The van der Waals surface area contributed by atoms with Crippen LogP contribution in [0.25, 0.3) is 0 Å². The van der Waals surface area contributed by atoms with Gasteiger partial charge in [-0.2, -0.15) is 0 Å². The Kier molecular flexibility index (Phi) is 4.39. The monoisotopic (exact) mass is 310 g/mol. The molecule has 5 nitrogen and oxygen atoms in total. The quantitative estimate of drug-likeness (QED) is 0.868. The van der Waals surface area contributed by atoms with Crippen molar-refractivity contribution < 1.29 is 13.2 Å². The SMILES string of the molecule is Cc1cc(S(N)(=O)=O)cc(C(=O)NCC(C)C2CC2)c1C. The van der Waals surface area contributed by atoms with E-state index < -0.39 is 10.0 Å². The molecule has 1 unspecified atom stereocenters. The molecule has 6 heteroatoms. The average molecular weight is 310 g/mol. The first-order valence-electron chi connectivity index (χ1n) is 7.12. The van der Waals surface area contributed by atoms with Gasteiger partial charge in [-0.1, -0.05) is 6.92 Å². The summed E-state index contributed by atoms with van der Waals surface area (Å²) >= 11 is 0. The van der Waals surface area contributed by atoms with Gasteiger partial charge in [0.15, 0.2) is 0 Å². The summed E-state index contributed by atoms with van der Waals surface area (Å²) in [4.78, 5) is 12.3. The number of benzene rings is 1. The zero-order valence-corrected chi connectivity index (χ0v) is 13.5. The van der Waals surface area contributed by atoms with Gasteiger partial charge in [0, 0.05) is 12.1 Å². The van der Waals surface area contributed by atoms with Crippen molar-refractivity contribution in [2.45, 2.75) is 38.5 Å². The van der Waals surface area contributed by atoms with Gasteiger partial charge in [0.05, 0.1) is 4.90 Å². The lowest BCUT2D eigenvalue weighted by molar-refractivity contribution is 0.0945. The topological polar surface area (TPSA) is 89.3 Å². The molecule has 1 aromatic carbocycles. The largest absolute Gasteiger partial charge is 0.352 e. The molecule has 0 radical (unpaired) electrons. The second-order valence-corrected chi connectivity index (χ2v) is 7.54. The van der Waals surface area contributed by atoms with Crippen molar-refractivity contribution in [2.24, 2.45) is 17.0 Å². The van der Waals surface area contributed by atoms with E-state index in [2.05, 4.69) is 12.2 Å². The number of sulfonamides is 1. The molecule has 1 aliphatic carbocycles. The molecule has 2 rings (SSSR count). The molecule has 3 N–H and O–H groups in total. The van der Waals surface area contributed by atoms with Gasteiger partial charge < -0.3 is 5.32 Å². The second-order valence-electron chi connectivity index (χ2n) is 5.98. The van der Waals surface area contributed by atoms with Crippen LogP contribution in [0.3, 0.4) is 0 Å². The van der Waals surface area contributed by atoms with Crippen molar-refractivity contribution in [1.82, 2.24) is 5.32 Å². The third kappa shape index (κ3) is 3.83. The molecule has 0 aromatic heterocycles. The lowest BCUT2D eigenvalue weighted by Gasteiger charge is -2.14. The number of amides is 1. The van der Waals surface area contributed by atoms with Crippen LogP contribution in [0.2, 0.25) is 0 Å². The van der Waals surface area contributed by atoms with Crippen LogP contribution in [0, 0.1) is 25.7 Å². The lowest BCUT2D eigenvalue weighted by Crippen LogP contribution is -2.30. The van der Waals surface area contributed by atoms with Crippen molar-refractivity contribution >= 4 is 15.9 Å². The van der Waals surface area contributed by atoms with Crippen LogP contribution in [0.15, 0.2) is 17.0 Å². The third-order valence-corrected chi connectivity index (χ3v) is 5.12. The molecule has 0 aliphatic heterocycles. The van der Waals surface area contributed by atoms with E-state index in [9.17, 15) is 13.2 Å². The fourth-order valence-corrected chi connectivity index (χ4v) is 3.03. The van der Waals surface area contributed by atoms with E-state index in [4.69, 9.17) is 5.14 Å². The first kappa shape index (κ1) is 16.0. The Morgan fingerprint density at radius 3 is 2.52 bits per heavy atom. The fourth-order valence-electron chi connectivity index (χ4n) is 2.41. The van der Waals surface area contributed by atoms with E-state index >= 15 is 0 Å². The molecule has 1 fully saturated rings. The smallest absolute Gasteiger partial charge is 0.251 e. The average Bonchev–Trinajstić information content (AvgIpc) is 3.21. The molecule has 1 saturated carbocycles. The van der Waals surface area contributed by atoms with E-state index in [1.54, 1.807) is 6.92 Å². The highest BCUT2D eigenvalue weighted by Gasteiger charge is 2.28. The van der Waals surface area contributed by atoms with Gasteiger partial charge in [0.25, 0.3) is 5.91 Å². The predicted octanol–water partition coefficient (Wildman–Crippen LogP) is 1.73. The molecular formula is C15H22N2O3S. The molecule has 1 aromatic rings. The van der Waals surface area contributed by atoms with Crippen molar-refractivity contribution in [3.05, 3.63) is 28.8 Å². The normalized spacial score (nSPS) is 16.6. The summed E-state index contributed by atoms with van der Waals surface area (Å²) in [6.07, 6.45) is 2.46. The summed E-state index contributed by atoms with van der Waals surface area (Å²) < 4.78 is 23.0. The van der Waals surface area contributed by atoms with Gasteiger partial charge >= 0.3 is 0 Å². The zero-order valence-electron chi connectivity index (χ0n) is 12.6. The number of carbonyl (C=O) groups is 1. The molecule has 1 atom stereocenters. The Morgan fingerprint density at radius 2 is 2.00 bits per heavy atom. The standard InChI is InChI=1S/C15H22N2O3S/c1-9-6-13(21(16,19)20)7-14(11(9)3)15(18)17-8-10(2)12-4-5-12/h6-7,10,12H,4-5,8H2,1-3H3,(H,17,18)(H2,16,19,20). The van der Waals surface area contributed by atoms with Crippen LogP contribution in [0.5, 0.6) is 0 Å². The van der Waals surface area contributed by atoms with E-state index in [0.29, 0.717) is 23.9 Å². The summed E-state index contributed by atoms with van der Waals surface area (Å²) in [5.74, 6) is 0.925. The molecule has 116 valence electrons. The number of nitrogens with one attached hydrogen (secondary N) is 1. The van der Waals surface area contributed by atoms with Crippen LogP contribution < -0.4 is 10.5 Å². The van der Waals surface area contributed by atoms with Gasteiger partial charge in [0.2, 0.25) is 10.0 Å². The summed E-state index contributed by atoms with van der Waals surface area (Å²) in [5, 5.41) is 8.05. The van der Waals surface area contributed by atoms with E-state index in [1.165, 1.54) is 25.0 Å². The van der Waals surface area contributed by atoms with Gasteiger partial charge in [0.1, 0.15) is 0 Å². The second kappa shape index (κ2) is 5.77.